The smallest absolute Gasteiger partial charge is 0.136 e. The summed E-state index contributed by atoms with van der Waals surface area (Å²) in [6.45, 7) is 0. The Morgan fingerprint density at radius 3 is 2.08 bits per heavy atom. The lowest BCUT2D eigenvalue weighted by molar-refractivity contribution is -0.123. The summed E-state index contributed by atoms with van der Waals surface area (Å²) in [5.41, 5.74) is 0. The van der Waals surface area contributed by atoms with Crippen LogP contribution < -0.4 is 0 Å². The molecule has 0 unspecified atom stereocenters. The molecule has 0 heterocycles. The van der Waals surface area contributed by atoms with Gasteiger partial charge in [0, 0.05) is 12.3 Å². The first-order valence-electron chi connectivity index (χ1n) is 5.89. The van der Waals surface area contributed by atoms with Gasteiger partial charge in [0.1, 0.15) is 5.78 Å². The van der Waals surface area contributed by atoms with Crippen molar-refractivity contribution in [2.75, 3.05) is 0 Å². The van der Waals surface area contributed by atoms with E-state index in [0.29, 0.717) is 11.7 Å². The normalized spacial score (nSPS) is 25.5. The van der Waals surface area contributed by atoms with Crippen molar-refractivity contribution < 1.29 is 4.79 Å². The standard InChI is InChI=1S/C12H20O/c13-12(9-10-7-8-10)11-5-3-1-2-4-6-11/h10-11H,1-9H2. The Morgan fingerprint density at radius 1 is 0.923 bits per heavy atom. The summed E-state index contributed by atoms with van der Waals surface area (Å²) < 4.78 is 0. The lowest BCUT2D eigenvalue weighted by Crippen LogP contribution is -2.14. The molecule has 0 saturated heterocycles. The van der Waals surface area contributed by atoms with E-state index in [9.17, 15) is 4.79 Å². The molecule has 2 rings (SSSR count). The predicted octanol–water partition coefficient (Wildman–Crippen LogP) is 3.33. The van der Waals surface area contributed by atoms with Crippen LogP contribution in [0.25, 0.3) is 0 Å². The van der Waals surface area contributed by atoms with E-state index in [2.05, 4.69) is 0 Å². The van der Waals surface area contributed by atoms with Crippen molar-refractivity contribution >= 4 is 5.78 Å². The van der Waals surface area contributed by atoms with Crippen LogP contribution in [-0.4, -0.2) is 5.78 Å². The molecule has 2 aliphatic carbocycles. The minimum atomic E-state index is 0.447. The van der Waals surface area contributed by atoms with Crippen LogP contribution in [0.5, 0.6) is 0 Å². The molecule has 0 aromatic carbocycles. The van der Waals surface area contributed by atoms with Gasteiger partial charge in [-0.25, -0.2) is 0 Å². The molecule has 2 fully saturated rings. The van der Waals surface area contributed by atoms with Crippen LogP contribution in [0.3, 0.4) is 0 Å². The second-order valence-corrected chi connectivity index (χ2v) is 4.80. The maximum Gasteiger partial charge on any atom is 0.136 e. The number of rotatable bonds is 3. The molecule has 13 heavy (non-hydrogen) atoms. The predicted molar refractivity (Wildman–Crippen MR) is 53.5 cm³/mol. The monoisotopic (exact) mass is 180 g/mol. The zero-order valence-electron chi connectivity index (χ0n) is 8.43. The molecule has 0 aromatic heterocycles. The molecular weight excluding hydrogens is 160 g/mol. The number of hydrogen-bond acceptors (Lipinski definition) is 1. The van der Waals surface area contributed by atoms with Crippen LogP contribution in [0.4, 0.5) is 0 Å². The summed E-state index contributed by atoms with van der Waals surface area (Å²) in [6.07, 6.45) is 11.2. The third-order valence-corrected chi connectivity index (χ3v) is 3.50. The maximum absolute atomic E-state index is 11.8. The molecule has 0 N–H and O–H groups in total. The number of hydrogen-bond donors (Lipinski definition) is 0. The quantitative estimate of drug-likeness (QED) is 0.609. The minimum Gasteiger partial charge on any atom is -0.299 e. The van der Waals surface area contributed by atoms with Gasteiger partial charge < -0.3 is 0 Å². The first-order chi connectivity index (χ1) is 6.36. The molecule has 74 valence electrons. The summed E-state index contributed by atoms with van der Waals surface area (Å²) in [5, 5.41) is 0. The molecule has 1 heteroatoms. The van der Waals surface area contributed by atoms with E-state index in [1.165, 1.54) is 51.4 Å². The van der Waals surface area contributed by atoms with E-state index in [4.69, 9.17) is 0 Å². The molecular formula is C12H20O. The lowest BCUT2D eigenvalue weighted by Gasteiger charge is -2.11. The van der Waals surface area contributed by atoms with Crippen LogP contribution in [0, 0.1) is 11.8 Å². The largest absolute Gasteiger partial charge is 0.299 e. The zero-order valence-corrected chi connectivity index (χ0v) is 8.43. The van der Waals surface area contributed by atoms with Gasteiger partial charge in [-0.15, -0.1) is 0 Å². The third-order valence-electron chi connectivity index (χ3n) is 3.50. The highest BCUT2D eigenvalue weighted by atomic mass is 16.1. The van der Waals surface area contributed by atoms with Crippen molar-refractivity contribution in [1.82, 2.24) is 0 Å². The third kappa shape index (κ3) is 2.82. The van der Waals surface area contributed by atoms with E-state index in [-0.39, 0.29) is 0 Å². The van der Waals surface area contributed by atoms with E-state index >= 15 is 0 Å². The first kappa shape index (κ1) is 9.23. The Balaban J connectivity index is 1.78. The Morgan fingerprint density at radius 2 is 1.54 bits per heavy atom. The SMILES string of the molecule is O=C(CC1CC1)C1CCCCCC1. The number of carbonyl (C=O) groups excluding carboxylic acids is 1. The molecule has 0 amide bonds. The Labute approximate surface area is 80.9 Å². The topological polar surface area (TPSA) is 17.1 Å². The van der Waals surface area contributed by atoms with Gasteiger partial charge in [0.25, 0.3) is 0 Å². The number of carbonyl (C=O) groups is 1. The fraction of sp³-hybridized carbons (Fsp3) is 0.917. The Hall–Kier alpha value is -0.330. The summed E-state index contributed by atoms with van der Waals surface area (Å²) in [5.74, 6) is 1.82. The lowest BCUT2D eigenvalue weighted by atomic mass is 9.92. The van der Waals surface area contributed by atoms with Crippen molar-refractivity contribution in [3.05, 3.63) is 0 Å². The van der Waals surface area contributed by atoms with Gasteiger partial charge in [0.2, 0.25) is 0 Å². The molecule has 0 atom stereocenters. The summed E-state index contributed by atoms with van der Waals surface area (Å²) >= 11 is 0. The zero-order chi connectivity index (χ0) is 9.10. The van der Waals surface area contributed by atoms with Gasteiger partial charge in [-0.3, -0.25) is 4.79 Å². The van der Waals surface area contributed by atoms with Crippen molar-refractivity contribution in [2.24, 2.45) is 11.8 Å². The highest BCUT2D eigenvalue weighted by Crippen LogP contribution is 2.35. The van der Waals surface area contributed by atoms with Crippen molar-refractivity contribution in [3.8, 4) is 0 Å². The number of Topliss-reactive ketones (excluding diaryl/α,β-unsaturated/α-hetero) is 1. The molecule has 0 bridgehead atoms. The highest BCUT2D eigenvalue weighted by molar-refractivity contribution is 5.81. The molecule has 0 aromatic rings. The van der Waals surface area contributed by atoms with Crippen LogP contribution >= 0.6 is 0 Å². The van der Waals surface area contributed by atoms with Crippen LogP contribution in [0.1, 0.15) is 57.8 Å². The Kier molecular flexibility index (Phi) is 3.02. The van der Waals surface area contributed by atoms with Crippen LogP contribution in [0.2, 0.25) is 0 Å². The van der Waals surface area contributed by atoms with Gasteiger partial charge in [0.05, 0.1) is 0 Å². The van der Waals surface area contributed by atoms with Crippen LogP contribution in [0.15, 0.2) is 0 Å². The fourth-order valence-electron chi connectivity index (χ4n) is 2.37. The van der Waals surface area contributed by atoms with Gasteiger partial charge in [-0.1, -0.05) is 25.7 Å². The molecule has 2 aliphatic rings. The van der Waals surface area contributed by atoms with Crippen molar-refractivity contribution in [3.63, 3.8) is 0 Å². The molecule has 1 nitrogen and oxygen atoms in total. The summed E-state index contributed by atoms with van der Waals surface area (Å²) in [4.78, 5) is 11.8. The number of ketones is 1. The Bertz CT molecular complexity index is 174. The summed E-state index contributed by atoms with van der Waals surface area (Å²) in [6, 6.07) is 0. The molecule has 0 radical (unpaired) electrons. The van der Waals surface area contributed by atoms with Crippen molar-refractivity contribution in [2.45, 2.75) is 57.8 Å². The van der Waals surface area contributed by atoms with Crippen molar-refractivity contribution in [1.29, 1.82) is 0 Å². The fourth-order valence-corrected chi connectivity index (χ4v) is 2.37. The average molecular weight is 180 g/mol. The maximum atomic E-state index is 11.8. The summed E-state index contributed by atoms with van der Waals surface area (Å²) in [7, 11) is 0. The van der Waals surface area contributed by atoms with Gasteiger partial charge >= 0.3 is 0 Å². The second kappa shape index (κ2) is 4.26. The van der Waals surface area contributed by atoms with Gasteiger partial charge in [-0.05, 0) is 31.6 Å². The second-order valence-electron chi connectivity index (χ2n) is 4.80. The van der Waals surface area contributed by atoms with Gasteiger partial charge in [0.15, 0.2) is 0 Å². The van der Waals surface area contributed by atoms with E-state index < -0.39 is 0 Å². The van der Waals surface area contributed by atoms with Gasteiger partial charge in [-0.2, -0.15) is 0 Å². The van der Waals surface area contributed by atoms with Crippen LogP contribution in [-0.2, 0) is 4.79 Å². The minimum absolute atomic E-state index is 0.447. The average Bonchev–Trinajstić information content (AvgIpc) is 2.87. The molecule has 0 aliphatic heterocycles. The first-order valence-corrected chi connectivity index (χ1v) is 5.89. The molecule has 0 spiro atoms. The van der Waals surface area contributed by atoms with E-state index in [0.717, 1.165) is 12.3 Å². The highest BCUT2D eigenvalue weighted by Gasteiger charge is 2.28. The van der Waals surface area contributed by atoms with E-state index in [1.54, 1.807) is 0 Å². The van der Waals surface area contributed by atoms with E-state index in [1.807, 2.05) is 0 Å². The molecule has 2 saturated carbocycles.